The summed E-state index contributed by atoms with van der Waals surface area (Å²) < 4.78 is 5.01. The van der Waals surface area contributed by atoms with Crippen LogP contribution in [0, 0.1) is 16.7 Å². The van der Waals surface area contributed by atoms with Crippen LogP contribution in [0.4, 0.5) is 4.79 Å². The van der Waals surface area contributed by atoms with E-state index in [0.717, 1.165) is 12.3 Å². The van der Waals surface area contributed by atoms with Crippen molar-refractivity contribution in [3.63, 3.8) is 0 Å². The fourth-order valence-electron chi connectivity index (χ4n) is 3.79. The fourth-order valence-corrected chi connectivity index (χ4v) is 3.79. The minimum atomic E-state index is -0.366. The van der Waals surface area contributed by atoms with Crippen LogP contribution in [0.5, 0.6) is 0 Å². The molecule has 106 valence electrons. The summed E-state index contributed by atoms with van der Waals surface area (Å²) in [5.74, 6) is 0.728. The topological polar surface area (TPSA) is 59.9 Å². The maximum absolute atomic E-state index is 10.9. The first kappa shape index (κ1) is 12.8. The van der Waals surface area contributed by atoms with Crippen LogP contribution in [0.15, 0.2) is 5.16 Å². The summed E-state index contributed by atoms with van der Waals surface area (Å²) in [4.78, 5) is 16.3. The number of amides is 1. The summed E-state index contributed by atoms with van der Waals surface area (Å²) in [6.45, 7) is 7.84. The Hall–Kier alpha value is -1.26. The number of alkyl carbamates (subject to hydrolysis) is 1. The maximum atomic E-state index is 10.9. The van der Waals surface area contributed by atoms with Gasteiger partial charge in [-0.15, -0.1) is 0 Å². The quantitative estimate of drug-likeness (QED) is 0.797. The predicted molar refractivity (Wildman–Crippen MR) is 70.9 cm³/mol. The Morgan fingerprint density at radius 1 is 1.47 bits per heavy atom. The first-order valence-electron chi connectivity index (χ1n) is 7.07. The largest absolute Gasteiger partial charge is 0.441 e. The van der Waals surface area contributed by atoms with Crippen LogP contribution in [0.1, 0.15) is 40.0 Å². The number of fused-ring (bicyclic) bond motifs is 2. The molecule has 2 aliphatic carbocycles. The monoisotopic (exact) mass is 266 g/mol. The van der Waals surface area contributed by atoms with Crippen molar-refractivity contribution in [1.82, 2.24) is 5.32 Å². The van der Waals surface area contributed by atoms with Crippen LogP contribution in [-0.4, -0.2) is 31.1 Å². The van der Waals surface area contributed by atoms with Crippen LogP contribution in [0.2, 0.25) is 0 Å². The lowest BCUT2D eigenvalue weighted by Crippen LogP contribution is -2.32. The molecule has 0 aromatic carbocycles. The summed E-state index contributed by atoms with van der Waals surface area (Å²) in [5.41, 5.74) is 1.67. The van der Waals surface area contributed by atoms with Crippen LogP contribution < -0.4 is 5.32 Å². The van der Waals surface area contributed by atoms with Gasteiger partial charge < -0.3 is 14.9 Å². The van der Waals surface area contributed by atoms with Gasteiger partial charge in [0.15, 0.2) is 12.7 Å². The molecule has 1 N–H and O–H groups in total. The second-order valence-electron chi connectivity index (χ2n) is 6.74. The van der Waals surface area contributed by atoms with Gasteiger partial charge >= 0.3 is 6.09 Å². The van der Waals surface area contributed by atoms with Gasteiger partial charge in [0, 0.05) is 5.41 Å². The second-order valence-corrected chi connectivity index (χ2v) is 6.74. The van der Waals surface area contributed by atoms with E-state index >= 15 is 0 Å². The van der Waals surface area contributed by atoms with Crippen LogP contribution in [0.25, 0.3) is 0 Å². The molecule has 1 aliphatic heterocycles. The van der Waals surface area contributed by atoms with Crippen LogP contribution in [-0.2, 0) is 9.57 Å². The zero-order valence-corrected chi connectivity index (χ0v) is 11.9. The predicted octanol–water partition coefficient (Wildman–Crippen LogP) is 2.31. The Kier molecular flexibility index (Phi) is 2.76. The molecular formula is C14H22N2O3. The molecule has 2 bridgehead atoms. The SMILES string of the molecule is CC1(C)[C@@H]2CC[C@@]1(C)/C(=N/OCC1CNC(=O)O1)C2. The number of ether oxygens (including phenoxy) is 1. The molecule has 3 fully saturated rings. The Balaban J connectivity index is 1.61. The van der Waals surface area contributed by atoms with Crippen LogP contribution >= 0.6 is 0 Å². The van der Waals surface area contributed by atoms with E-state index in [1.165, 1.54) is 18.6 Å². The molecule has 1 amide bonds. The smallest absolute Gasteiger partial charge is 0.407 e. The highest BCUT2D eigenvalue weighted by atomic mass is 16.7. The lowest BCUT2D eigenvalue weighted by atomic mass is 9.70. The van der Waals surface area contributed by atoms with Crippen molar-refractivity contribution in [3.05, 3.63) is 0 Å². The average molecular weight is 266 g/mol. The minimum Gasteiger partial charge on any atom is -0.441 e. The summed E-state index contributed by atoms with van der Waals surface area (Å²) in [6.07, 6.45) is 2.97. The zero-order chi connectivity index (χ0) is 13.7. The number of cyclic esters (lactones) is 1. The van der Waals surface area contributed by atoms with Gasteiger partial charge in [-0.3, -0.25) is 0 Å². The summed E-state index contributed by atoms with van der Waals surface area (Å²) >= 11 is 0. The number of rotatable bonds is 3. The van der Waals surface area contributed by atoms with Gasteiger partial charge in [-0.25, -0.2) is 4.79 Å². The van der Waals surface area contributed by atoms with E-state index in [9.17, 15) is 4.79 Å². The summed E-state index contributed by atoms with van der Waals surface area (Å²) in [5, 5.41) is 6.97. The van der Waals surface area contributed by atoms with E-state index < -0.39 is 0 Å². The minimum absolute atomic E-state index is 0.169. The van der Waals surface area contributed by atoms with Gasteiger partial charge in [0.2, 0.25) is 0 Å². The van der Waals surface area contributed by atoms with Crippen molar-refractivity contribution < 1.29 is 14.4 Å². The van der Waals surface area contributed by atoms with E-state index in [0.29, 0.717) is 18.6 Å². The first-order valence-corrected chi connectivity index (χ1v) is 7.07. The van der Waals surface area contributed by atoms with Gasteiger partial charge in [0.05, 0.1) is 12.3 Å². The van der Waals surface area contributed by atoms with E-state index in [-0.39, 0.29) is 17.6 Å². The van der Waals surface area contributed by atoms with E-state index in [4.69, 9.17) is 9.57 Å². The van der Waals surface area contributed by atoms with Crippen molar-refractivity contribution in [3.8, 4) is 0 Å². The standard InChI is InChI=1S/C14H22N2O3/c1-13(2)9-4-5-14(13,3)11(6-9)16-18-8-10-7-15-12(17)19-10/h9-10H,4-8H2,1-3H3,(H,15,17)/b16-11+/t9-,10?,14+/m1/s1. The number of nitrogens with one attached hydrogen (secondary N) is 1. The highest BCUT2D eigenvalue weighted by molar-refractivity contribution is 5.93. The highest BCUT2D eigenvalue weighted by Gasteiger charge is 2.60. The number of oxime groups is 1. The second kappa shape index (κ2) is 4.12. The molecule has 5 heteroatoms. The number of hydrogen-bond donors (Lipinski definition) is 1. The third-order valence-electron chi connectivity index (χ3n) is 5.70. The molecule has 3 rings (SSSR count). The molecule has 1 saturated heterocycles. The average Bonchev–Trinajstić information content (AvgIpc) is 2.90. The van der Waals surface area contributed by atoms with Crippen molar-refractivity contribution >= 4 is 11.8 Å². The van der Waals surface area contributed by atoms with E-state index in [1.54, 1.807) is 0 Å². The van der Waals surface area contributed by atoms with Gasteiger partial charge in [0.1, 0.15) is 0 Å². The molecule has 0 aromatic heterocycles. The molecule has 1 unspecified atom stereocenters. The van der Waals surface area contributed by atoms with Crippen molar-refractivity contribution in [2.45, 2.75) is 46.1 Å². The molecule has 19 heavy (non-hydrogen) atoms. The Labute approximate surface area is 113 Å². The molecule has 3 aliphatic rings. The molecular weight excluding hydrogens is 244 g/mol. The first-order chi connectivity index (χ1) is 8.93. The summed E-state index contributed by atoms with van der Waals surface area (Å²) in [6, 6.07) is 0. The van der Waals surface area contributed by atoms with Gasteiger partial charge in [-0.05, 0) is 30.6 Å². The molecule has 5 nitrogen and oxygen atoms in total. The number of carbonyl (C=O) groups excluding carboxylic acids is 1. The van der Waals surface area contributed by atoms with E-state index in [1.807, 2.05) is 0 Å². The lowest BCUT2D eigenvalue weighted by Gasteiger charge is -2.34. The van der Waals surface area contributed by atoms with Crippen molar-refractivity contribution in [2.24, 2.45) is 21.9 Å². The molecule has 2 saturated carbocycles. The summed E-state index contributed by atoms with van der Waals surface area (Å²) in [7, 11) is 0. The fraction of sp³-hybridized carbons (Fsp3) is 0.857. The Morgan fingerprint density at radius 3 is 2.79 bits per heavy atom. The number of nitrogens with zero attached hydrogens (tertiary/aromatic N) is 1. The van der Waals surface area contributed by atoms with Crippen molar-refractivity contribution in [1.29, 1.82) is 0 Å². The highest BCUT2D eigenvalue weighted by Crippen LogP contribution is 2.63. The Morgan fingerprint density at radius 2 is 2.26 bits per heavy atom. The van der Waals surface area contributed by atoms with E-state index in [2.05, 4.69) is 31.2 Å². The molecule has 0 aromatic rings. The third-order valence-corrected chi connectivity index (χ3v) is 5.70. The van der Waals surface area contributed by atoms with Gasteiger partial charge in [-0.2, -0.15) is 0 Å². The van der Waals surface area contributed by atoms with Gasteiger partial charge in [0.25, 0.3) is 0 Å². The molecule has 0 radical (unpaired) electrons. The van der Waals surface area contributed by atoms with Gasteiger partial charge in [-0.1, -0.05) is 25.9 Å². The zero-order valence-electron chi connectivity index (χ0n) is 11.9. The maximum Gasteiger partial charge on any atom is 0.407 e. The molecule has 3 atom stereocenters. The van der Waals surface area contributed by atoms with Crippen LogP contribution in [0.3, 0.4) is 0 Å². The number of carbonyl (C=O) groups is 1. The Bertz CT molecular complexity index is 432. The normalized spacial score (nSPS) is 41.4. The van der Waals surface area contributed by atoms with Crippen molar-refractivity contribution in [2.75, 3.05) is 13.2 Å². The third kappa shape index (κ3) is 1.82. The lowest BCUT2D eigenvalue weighted by molar-refractivity contribution is 0.0473. The molecule has 0 spiro atoms. The number of hydrogen-bond acceptors (Lipinski definition) is 4. The molecule has 1 heterocycles.